The number of nitro groups is 1. The van der Waals surface area contributed by atoms with Gasteiger partial charge in [0.15, 0.2) is 0 Å². The topological polar surface area (TPSA) is 107 Å². The minimum atomic E-state index is -4.67. The molecular formula is C13H10F3N3O4. The number of halogens is 3. The first-order valence-corrected chi connectivity index (χ1v) is 6.38. The molecule has 7 nitrogen and oxygen atoms in total. The Bertz CT molecular complexity index is 699. The van der Waals surface area contributed by atoms with Crippen LogP contribution in [0.1, 0.15) is 5.56 Å². The summed E-state index contributed by atoms with van der Waals surface area (Å²) in [6.07, 6.45) is -4.67. The Balaban J connectivity index is 2.35. The highest BCUT2D eigenvalue weighted by Gasteiger charge is 2.52. The molecule has 1 heterocycles. The first-order chi connectivity index (χ1) is 10.6. The third-order valence-corrected chi connectivity index (χ3v) is 3.72. The Morgan fingerprint density at radius 3 is 2.52 bits per heavy atom. The molecule has 0 unspecified atom stereocenters. The Morgan fingerprint density at radius 2 is 2.09 bits per heavy atom. The number of anilines is 1. The van der Waals surface area contributed by atoms with Crippen LogP contribution in [0.3, 0.4) is 0 Å². The lowest BCUT2D eigenvalue weighted by Gasteiger charge is -2.19. The fraction of sp³-hybridized carbons (Fsp3) is 0.385. The van der Waals surface area contributed by atoms with Gasteiger partial charge < -0.3 is 10.0 Å². The van der Waals surface area contributed by atoms with Gasteiger partial charge in [0, 0.05) is 24.8 Å². The lowest BCUT2D eigenvalue weighted by molar-refractivity contribution is -0.385. The first-order valence-electron chi connectivity index (χ1n) is 6.38. The van der Waals surface area contributed by atoms with E-state index in [0.29, 0.717) is 0 Å². The molecule has 2 atom stereocenters. The number of nitriles is 1. The van der Waals surface area contributed by atoms with E-state index in [1.165, 1.54) is 11.0 Å². The first kappa shape index (κ1) is 16.5. The van der Waals surface area contributed by atoms with Crippen molar-refractivity contribution in [3.8, 4) is 6.07 Å². The van der Waals surface area contributed by atoms with Gasteiger partial charge in [-0.2, -0.15) is 18.4 Å². The highest BCUT2D eigenvalue weighted by Crippen LogP contribution is 2.40. The summed E-state index contributed by atoms with van der Waals surface area (Å²) < 4.78 is 38.8. The van der Waals surface area contributed by atoms with Gasteiger partial charge in [-0.3, -0.25) is 14.9 Å². The van der Waals surface area contributed by atoms with Crippen molar-refractivity contribution in [1.29, 1.82) is 5.26 Å². The monoisotopic (exact) mass is 329 g/mol. The number of benzene rings is 1. The summed E-state index contributed by atoms with van der Waals surface area (Å²) in [4.78, 5) is 22.2. The zero-order valence-corrected chi connectivity index (χ0v) is 11.4. The molecule has 1 aliphatic heterocycles. The predicted molar refractivity (Wildman–Crippen MR) is 70.7 cm³/mol. The lowest BCUT2D eigenvalue weighted by atomic mass is 9.96. The van der Waals surface area contributed by atoms with Crippen molar-refractivity contribution < 1.29 is 28.0 Å². The maximum absolute atomic E-state index is 12.9. The summed E-state index contributed by atoms with van der Waals surface area (Å²) in [5.74, 6) is -5.23. The maximum Gasteiger partial charge on any atom is 0.394 e. The average Bonchev–Trinajstić information content (AvgIpc) is 2.92. The molecule has 0 amide bonds. The molecule has 0 radical (unpaired) electrons. The summed E-state index contributed by atoms with van der Waals surface area (Å²) >= 11 is 0. The Labute approximate surface area is 127 Å². The molecule has 1 N–H and O–H groups in total. The second-order valence-corrected chi connectivity index (χ2v) is 5.07. The minimum Gasteiger partial charge on any atom is -0.481 e. The molecule has 10 heteroatoms. The van der Waals surface area contributed by atoms with Crippen molar-refractivity contribution in [2.45, 2.75) is 6.18 Å². The quantitative estimate of drug-likeness (QED) is 0.672. The van der Waals surface area contributed by atoms with Crippen LogP contribution in [0.4, 0.5) is 24.5 Å². The molecule has 0 bridgehead atoms. The highest BCUT2D eigenvalue weighted by atomic mass is 19.4. The average molecular weight is 329 g/mol. The number of aliphatic carboxylic acids is 1. The van der Waals surface area contributed by atoms with E-state index < -0.39 is 41.1 Å². The third kappa shape index (κ3) is 3.18. The van der Waals surface area contributed by atoms with Gasteiger partial charge in [0.1, 0.15) is 11.6 Å². The number of nitrogens with zero attached hydrogens (tertiary/aromatic N) is 3. The van der Waals surface area contributed by atoms with Crippen LogP contribution in [0.2, 0.25) is 0 Å². The molecule has 2 rings (SSSR count). The van der Waals surface area contributed by atoms with Crippen molar-refractivity contribution in [1.82, 2.24) is 0 Å². The van der Waals surface area contributed by atoms with Crippen LogP contribution in [0.25, 0.3) is 0 Å². The molecular weight excluding hydrogens is 319 g/mol. The van der Waals surface area contributed by atoms with Gasteiger partial charge in [-0.05, 0) is 12.1 Å². The van der Waals surface area contributed by atoms with Crippen molar-refractivity contribution in [2.75, 3.05) is 18.0 Å². The van der Waals surface area contributed by atoms with Crippen molar-refractivity contribution in [3.05, 3.63) is 33.9 Å². The van der Waals surface area contributed by atoms with Crippen LogP contribution in [-0.4, -0.2) is 35.3 Å². The van der Waals surface area contributed by atoms with Gasteiger partial charge in [-0.25, -0.2) is 0 Å². The van der Waals surface area contributed by atoms with Gasteiger partial charge in [-0.15, -0.1) is 0 Å². The minimum absolute atomic E-state index is 0.144. The predicted octanol–water partition coefficient (Wildman–Crippen LogP) is 2.17. The molecule has 1 fully saturated rings. The number of nitro benzene ring substituents is 1. The molecule has 0 spiro atoms. The molecule has 1 aliphatic rings. The van der Waals surface area contributed by atoms with Crippen molar-refractivity contribution in [2.24, 2.45) is 11.8 Å². The van der Waals surface area contributed by atoms with Crippen LogP contribution in [0.15, 0.2) is 18.2 Å². The molecule has 0 aliphatic carbocycles. The summed E-state index contributed by atoms with van der Waals surface area (Å²) in [7, 11) is 0. The van der Waals surface area contributed by atoms with Crippen molar-refractivity contribution in [3.63, 3.8) is 0 Å². The van der Waals surface area contributed by atoms with Crippen LogP contribution < -0.4 is 4.90 Å². The number of hydrogen-bond acceptors (Lipinski definition) is 5. The number of carboxylic acid groups (broad SMARTS) is 1. The molecule has 0 saturated carbocycles. The van der Waals surface area contributed by atoms with Crippen LogP contribution in [0.5, 0.6) is 0 Å². The van der Waals surface area contributed by atoms with Gasteiger partial charge in [0.05, 0.1) is 16.8 Å². The van der Waals surface area contributed by atoms with E-state index in [4.69, 9.17) is 10.4 Å². The number of carbonyl (C=O) groups is 1. The second kappa shape index (κ2) is 5.75. The zero-order valence-electron chi connectivity index (χ0n) is 11.4. The largest absolute Gasteiger partial charge is 0.481 e. The fourth-order valence-electron chi connectivity index (χ4n) is 2.57. The van der Waals surface area contributed by atoms with E-state index in [-0.39, 0.29) is 17.8 Å². The van der Waals surface area contributed by atoms with E-state index in [0.717, 1.165) is 12.1 Å². The Hall–Kier alpha value is -2.83. The number of alkyl halides is 3. The van der Waals surface area contributed by atoms with Gasteiger partial charge in [0.2, 0.25) is 0 Å². The van der Waals surface area contributed by atoms with Gasteiger partial charge >= 0.3 is 12.1 Å². The number of rotatable bonds is 3. The van der Waals surface area contributed by atoms with Gasteiger partial charge in [0.25, 0.3) is 5.69 Å². The standard InChI is InChI=1S/C13H10F3N3O4/c14-13(15,16)10-6-18(5-9(10)12(20)21)8-1-2-11(19(22)23)7(3-8)4-17/h1-3,9-10H,5-6H2,(H,20,21)/t9-,10-/m1/s1. The molecule has 1 aromatic rings. The zero-order chi connectivity index (χ0) is 17.4. The normalized spacial score (nSPS) is 21.0. The van der Waals surface area contributed by atoms with Gasteiger partial charge in [-0.1, -0.05) is 0 Å². The van der Waals surface area contributed by atoms with E-state index in [1.807, 2.05) is 0 Å². The Kier molecular flexibility index (Phi) is 4.14. The number of carboxylic acids is 1. The summed E-state index contributed by atoms with van der Waals surface area (Å²) in [6.45, 7) is -0.967. The van der Waals surface area contributed by atoms with Crippen molar-refractivity contribution >= 4 is 17.3 Å². The van der Waals surface area contributed by atoms with Crippen LogP contribution in [0, 0.1) is 33.3 Å². The van der Waals surface area contributed by atoms with Crippen LogP contribution >= 0.6 is 0 Å². The maximum atomic E-state index is 12.9. The lowest BCUT2D eigenvalue weighted by Crippen LogP contribution is -2.33. The van der Waals surface area contributed by atoms with E-state index in [9.17, 15) is 28.1 Å². The van der Waals surface area contributed by atoms with Crippen LogP contribution in [-0.2, 0) is 4.79 Å². The summed E-state index contributed by atoms with van der Waals surface area (Å²) in [5.41, 5.74) is -0.613. The molecule has 23 heavy (non-hydrogen) atoms. The fourth-order valence-corrected chi connectivity index (χ4v) is 2.57. The van der Waals surface area contributed by atoms with E-state index in [1.54, 1.807) is 6.07 Å². The molecule has 1 aromatic carbocycles. The van der Waals surface area contributed by atoms with E-state index in [2.05, 4.69) is 0 Å². The number of hydrogen-bond donors (Lipinski definition) is 1. The Morgan fingerprint density at radius 1 is 1.43 bits per heavy atom. The van der Waals surface area contributed by atoms with E-state index >= 15 is 0 Å². The second-order valence-electron chi connectivity index (χ2n) is 5.07. The summed E-state index contributed by atoms with van der Waals surface area (Å²) in [5, 5.41) is 28.6. The molecule has 1 saturated heterocycles. The smallest absolute Gasteiger partial charge is 0.394 e. The third-order valence-electron chi connectivity index (χ3n) is 3.72. The SMILES string of the molecule is N#Cc1cc(N2C[C@@H](C(F)(F)F)[C@H](C(=O)O)C2)ccc1[N+](=O)[O-]. The summed E-state index contributed by atoms with van der Waals surface area (Å²) in [6, 6.07) is 4.93. The highest BCUT2D eigenvalue weighted by molar-refractivity contribution is 5.73. The molecule has 122 valence electrons. The molecule has 0 aromatic heterocycles.